The number of rotatable bonds is 2. The van der Waals surface area contributed by atoms with Gasteiger partial charge in [-0.05, 0) is 37.6 Å². The maximum absolute atomic E-state index is 12.6. The van der Waals surface area contributed by atoms with Gasteiger partial charge in [0.1, 0.15) is 5.69 Å². The van der Waals surface area contributed by atoms with Gasteiger partial charge in [-0.25, -0.2) is 0 Å². The highest BCUT2D eigenvalue weighted by Gasteiger charge is 2.22. The summed E-state index contributed by atoms with van der Waals surface area (Å²) in [6.45, 7) is 5.10. The molecular formula is C16H21N5O. The summed E-state index contributed by atoms with van der Waals surface area (Å²) in [6, 6.07) is 7.74. The summed E-state index contributed by atoms with van der Waals surface area (Å²) in [5.74, 6) is 0.989. The average molecular weight is 299 g/mol. The van der Waals surface area contributed by atoms with Gasteiger partial charge >= 0.3 is 0 Å². The van der Waals surface area contributed by atoms with E-state index < -0.39 is 0 Å². The van der Waals surface area contributed by atoms with Crippen LogP contribution in [0, 0.1) is 6.92 Å². The Morgan fingerprint density at radius 3 is 2.64 bits per heavy atom. The van der Waals surface area contributed by atoms with E-state index in [9.17, 15) is 4.79 Å². The average Bonchev–Trinajstić information content (AvgIpc) is 2.80. The van der Waals surface area contributed by atoms with Gasteiger partial charge in [-0.1, -0.05) is 0 Å². The predicted octanol–water partition coefficient (Wildman–Crippen LogP) is 1.48. The Balaban J connectivity index is 1.68. The summed E-state index contributed by atoms with van der Waals surface area (Å²) in [7, 11) is 1.90. The van der Waals surface area contributed by atoms with Crippen molar-refractivity contribution >= 4 is 11.7 Å². The molecule has 6 heteroatoms. The van der Waals surface area contributed by atoms with Crippen molar-refractivity contribution in [3.63, 3.8) is 0 Å². The van der Waals surface area contributed by atoms with E-state index in [1.165, 1.54) is 0 Å². The number of aryl methyl sites for hydroxylation is 2. The molecule has 3 rings (SSSR count). The third-order valence-electron chi connectivity index (χ3n) is 4.05. The van der Waals surface area contributed by atoms with Crippen LogP contribution in [0.15, 0.2) is 30.5 Å². The molecule has 0 spiro atoms. The molecule has 2 aromatic heterocycles. The zero-order valence-corrected chi connectivity index (χ0v) is 13.1. The zero-order chi connectivity index (χ0) is 15.5. The Kier molecular flexibility index (Phi) is 4.09. The van der Waals surface area contributed by atoms with Gasteiger partial charge in [-0.15, -0.1) is 5.10 Å². The van der Waals surface area contributed by atoms with Crippen LogP contribution in [0.2, 0.25) is 0 Å². The van der Waals surface area contributed by atoms with Gasteiger partial charge in [0, 0.05) is 39.4 Å². The second kappa shape index (κ2) is 6.17. The first kappa shape index (κ1) is 14.6. The first-order valence-electron chi connectivity index (χ1n) is 7.61. The fourth-order valence-corrected chi connectivity index (χ4v) is 2.76. The molecule has 0 unspecified atom stereocenters. The molecule has 0 bridgehead atoms. The summed E-state index contributed by atoms with van der Waals surface area (Å²) in [5.41, 5.74) is 1.66. The normalized spacial score (nSPS) is 15.7. The molecule has 1 saturated heterocycles. The van der Waals surface area contributed by atoms with Crippen LogP contribution < -0.4 is 4.90 Å². The van der Waals surface area contributed by atoms with E-state index in [1.807, 2.05) is 53.9 Å². The maximum Gasteiger partial charge on any atom is 0.270 e. The minimum absolute atomic E-state index is 0.101. The van der Waals surface area contributed by atoms with E-state index in [4.69, 9.17) is 0 Å². The van der Waals surface area contributed by atoms with E-state index >= 15 is 0 Å². The number of carbonyl (C=O) groups is 1. The van der Waals surface area contributed by atoms with Crippen molar-refractivity contribution in [1.29, 1.82) is 0 Å². The number of hydrogen-bond acceptors (Lipinski definition) is 4. The Morgan fingerprint density at radius 1 is 1.09 bits per heavy atom. The number of anilines is 1. The predicted molar refractivity (Wildman–Crippen MR) is 84.9 cm³/mol. The van der Waals surface area contributed by atoms with Crippen LogP contribution in [-0.2, 0) is 7.05 Å². The minimum Gasteiger partial charge on any atom is -0.353 e. The molecule has 1 fully saturated rings. The number of amides is 1. The Bertz CT molecular complexity index is 649. The third-order valence-corrected chi connectivity index (χ3v) is 4.05. The molecule has 0 aromatic carbocycles. The SMILES string of the molecule is Cc1ccc(N2CCCN(C(=O)c3cccn3C)CC2)nn1. The van der Waals surface area contributed by atoms with Crippen LogP contribution >= 0.6 is 0 Å². The number of carbonyl (C=O) groups excluding carboxylic acids is 1. The summed E-state index contributed by atoms with van der Waals surface area (Å²) < 4.78 is 1.87. The number of nitrogens with zero attached hydrogens (tertiary/aromatic N) is 5. The van der Waals surface area contributed by atoms with E-state index in [1.54, 1.807) is 0 Å². The lowest BCUT2D eigenvalue weighted by Gasteiger charge is -2.22. The van der Waals surface area contributed by atoms with Crippen LogP contribution in [0.25, 0.3) is 0 Å². The summed E-state index contributed by atoms with van der Waals surface area (Å²) in [6.07, 6.45) is 2.84. The molecule has 2 aromatic rings. The molecule has 0 N–H and O–H groups in total. The van der Waals surface area contributed by atoms with Gasteiger partial charge in [0.2, 0.25) is 0 Å². The van der Waals surface area contributed by atoms with E-state index in [-0.39, 0.29) is 5.91 Å². The van der Waals surface area contributed by atoms with Crippen LogP contribution in [-0.4, -0.2) is 51.8 Å². The first-order chi connectivity index (χ1) is 10.6. The van der Waals surface area contributed by atoms with Crippen LogP contribution in [0.1, 0.15) is 22.6 Å². The van der Waals surface area contributed by atoms with Crippen molar-refractivity contribution in [3.05, 3.63) is 41.9 Å². The number of hydrogen-bond donors (Lipinski definition) is 0. The van der Waals surface area contributed by atoms with Crippen molar-refractivity contribution < 1.29 is 4.79 Å². The van der Waals surface area contributed by atoms with E-state index in [2.05, 4.69) is 15.1 Å². The smallest absolute Gasteiger partial charge is 0.270 e. The topological polar surface area (TPSA) is 54.3 Å². The lowest BCUT2D eigenvalue weighted by Crippen LogP contribution is -2.36. The van der Waals surface area contributed by atoms with Gasteiger partial charge in [-0.2, -0.15) is 5.10 Å². The highest BCUT2D eigenvalue weighted by molar-refractivity contribution is 5.92. The molecule has 1 amide bonds. The summed E-state index contributed by atoms with van der Waals surface area (Å²) in [4.78, 5) is 16.7. The van der Waals surface area contributed by atoms with Crippen molar-refractivity contribution in [3.8, 4) is 0 Å². The molecule has 116 valence electrons. The first-order valence-corrected chi connectivity index (χ1v) is 7.61. The standard InChI is InChI=1S/C16H21N5O/c1-13-6-7-15(18-17-13)20-9-4-10-21(12-11-20)16(22)14-5-3-8-19(14)2/h3,5-8H,4,9-12H2,1-2H3. The quantitative estimate of drug-likeness (QED) is 0.843. The van der Waals surface area contributed by atoms with Crippen molar-refractivity contribution in [2.45, 2.75) is 13.3 Å². The van der Waals surface area contributed by atoms with Gasteiger partial charge in [0.05, 0.1) is 5.69 Å². The van der Waals surface area contributed by atoms with Gasteiger partial charge in [0.25, 0.3) is 5.91 Å². The van der Waals surface area contributed by atoms with Gasteiger partial charge in [-0.3, -0.25) is 4.79 Å². The van der Waals surface area contributed by atoms with Crippen molar-refractivity contribution in [2.24, 2.45) is 7.05 Å². The monoisotopic (exact) mass is 299 g/mol. The summed E-state index contributed by atoms with van der Waals surface area (Å²) >= 11 is 0. The third kappa shape index (κ3) is 2.95. The molecule has 1 aliphatic rings. The molecule has 1 aliphatic heterocycles. The molecule has 22 heavy (non-hydrogen) atoms. The Hall–Kier alpha value is -2.37. The summed E-state index contributed by atoms with van der Waals surface area (Å²) in [5, 5.41) is 8.36. The lowest BCUT2D eigenvalue weighted by atomic mass is 10.3. The molecule has 0 radical (unpaired) electrons. The Labute approximate surface area is 130 Å². The highest BCUT2D eigenvalue weighted by Crippen LogP contribution is 2.14. The van der Waals surface area contributed by atoms with Crippen LogP contribution in [0.4, 0.5) is 5.82 Å². The Morgan fingerprint density at radius 2 is 1.95 bits per heavy atom. The van der Waals surface area contributed by atoms with E-state index in [0.717, 1.165) is 43.3 Å². The molecule has 0 atom stereocenters. The minimum atomic E-state index is 0.101. The van der Waals surface area contributed by atoms with E-state index in [0.29, 0.717) is 6.54 Å². The van der Waals surface area contributed by atoms with Gasteiger partial charge < -0.3 is 14.4 Å². The lowest BCUT2D eigenvalue weighted by molar-refractivity contribution is 0.0757. The number of aromatic nitrogens is 3. The fraction of sp³-hybridized carbons (Fsp3) is 0.438. The fourth-order valence-electron chi connectivity index (χ4n) is 2.76. The van der Waals surface area contributed by atoms with Crippen molar-refractivity contribution in [1.82, 2.24) is 19.7 Å². The molecule has 6 nitrogen and oxygen atoms in total. The zero-order valence-electron chi connectivity index (χ0n) is 13.1. The second-order valence-electron chi connectivity index (χ2n) is 5.67. The molecular weight excluding hydrogens is 278 g/mol. The molecule has 0 saturated carbocycles. The van der Waals surface area contributed by atoms with Crippen LogP contribution in [0.3, 0.4) is 0 Å². The van der Waals surface area contributed by atoms with Crippen molar-refractivity contribution in [2.75, 3.05) is 31.1 Å². The van der Waals surface area contributed by atoms with Gasteiger partial charge in [0.15, 0.2) is 5.82 Å². The maximum atomic E-state index is 12.6. The molecule has 0 aliphatic carbocycles. The largest absolute Gasteiger partial charge is 0.353 e. The second-order valence-corrected chi connectivity index (χ2v) is 5.67. The highest BCUT2D eigenvalue weighted by atomic mass is 16.2. The molecule has 3 heterocycles. The van der Waals surface area contributed by atoms with Crippen LogP contribution in [0.5, 0.6) is 0 Å².